The van der Waals surface area contributed by atoms with Crippen molar-refractivity contribution < 1.29 is 13.2 Å². The van der Waals surface area contributed by atoms with E-state index < -0.39 is 17.5 Å². The van der Waals surface area contributed by atoms with Gasteiger partial charge in [0.2, 0.25) is 0 Å². The van der Waals surface area contributed by atoms with Crippen LogP contribution in [0.25, 0.3) is 11.7 Å². The number of halogens is 3. The van der Waals surface area contributed by atoms with Crippen molar-refractivity contribution in [2.45, 2.75) is 58.8 Å². The van der Waals surface area contributed by atoms with Crippen LogP contribution >= 0.6 is 0 Å². The quantitative estimate of drug-likeness (QED) is 0.318. The van der Waals surface area contributed by atoms with E-state index in [-0.39, 0.29) is 11.1 Å². The molecule has 0 saturated carbocycles. The second-order valence-electron chi connectivity index (χ2n) is 6.66. The first-order valence-electron chi connectivity index (χ1n) is 9.50. The first kappa shape index (κ1) is 20.3. The van der Waals surface area contributed by atoms with E-state index in [9.17, 15) is 13.2 Å². The Balaban J connectivity index is 2.11. The van der Waals surface area contributed by atoms with E-state index in [1.807, 2.05) is 6.92 Å². The summed E-state index contributed by atoms with van der Waals surface area (Å²) < 4.78 is 43.1. The maximum atomic E-state index is 14.4. The molecule has 0 nitrogen and oxygen atoms in total. The van der Waals surface area contributed by atoms with E-state index in [0.717, 1.165) is 36.8 Å². The Kier molecular flexibility index (Phi) is 7.96. The van der Waals surface area contributed by atoms with Crippen LogP contribution in [0.15, 0.2) is 42.5 Å². The lowest BCUT2D eigenvalue weighted by atomic mass is 10.0. The summed E-state index contributed by atoms with van der Waals surface area (Å²) in [5.74, 6) is -2.89. The Morgan fingerprint density at radius 3 is 2.04 bits per heavy atom. The van der Waals surface area contributed by atoms with Gasteiger partial charge in [0.1, 0.15) is 5.82 Å². The Labute approximate surface area is 154 Å². The summed E-state index contributed by atoms with van der Waals surface area (Å²) in [5, 5.41) is 0. The highest BCUT2D eigenvalue weighted by Gasteiger charge is 2.15. The van der Waals surface area contributed by atoms with Gasteiger partial charge >= 0.3 is 0 Å². The minimum Gasteiger partial charge on any atom is -0.206 e. The number of hydrogen-bond donors (Lipinski definition) is 0. The average molecular weight is 360 g/mol. The summed E-state index contributed by atoms with van der Waals surface area (Å²) in [5.41, 5.74) is 1.66. The Morgan fingerprint density at radius 2 is 1.42 bits per heavy atom. The van der Waals surface area contributed by atoms with Crippen molar-refractivity contribution in [3.63, 3.8) is 0 Å². The first-order chi connectivity index (χ1) is 12.6. The minimum atomic E-state index is -1.15. The van der Waals surface area contributed by atoms with Gasteiger partial charge in [-0.05, 0) is 42.5 Å². The zero-order valence-electron chi connectivity index (χ0n) is 15.6. The Bertz CT molecular complexity index is 730. The van der Waals surface area contributed by atoms with Crippen molar-refractivity contribution in [1.29, 1.82) is 0 Å². The molecule has 140 valence electrons. The molecule has 3 heteroatoms. The van der Waals surface area contributed by atoms with Crippen LogP contribution in [0.2, 0.25) is 0 Å². The number of aryl methyl sites for hydroxylation is 2. The largest absolute Gasteiger partial charge is 0.206 e. The molecule has 0 atom stereocenters. The maximum absolute atomic E-state index is 14.4. The van der Waals surface area contributed by atoms with E-state index in [2.05, 4.69) is 6.92 Å². The second kappa shape index (κ2) is 10.2. The second-order valence-corrected chi connectivity index (χ2v) is 6.66. The molecule has 2 rings (SSSR count). The summed E-state index contributed by atoms with van der Waals surface area (Å²) >= 11 is 0. The predicted molar refractivity (Wildman–Crippen MR) is 104 cm³/mol. The van der Waals surface area contributed by atoms with Crippen LogP contribution < -0.4 is 0 Å². The fourth-order valence-corrected chi connectivity index (χ4v) is 2.96. The summed E-state index contributed by atoms with van der Waals surface area (Å²) in [6, 6.07) is 10.9. The molecule has 26 heavy (non-hydrogen) atoms. The lowest BCUT2D eigenvalue weighted by Gasteiger charge is -2.07. The van der Waals surface area contributed by atoms with E-state index >= 15 is 0 Å². The van der Waals surface area contributed by atoms with E-state index in [1.165, 1.54) is 43.5 Å². The minimum absolute atomic E-state index is 0.124. The van der Waals surface area contributed by atoms with Gasteiger partial charge < -0.3 is 0 Å². The fraction of sp³-hybridized carbons (Fsp3) is 0.391. The number of hydrogen-bond acceptors (Lipinski definition) is 0. The summed E-state index contributed by atoms with van der Waals surface area (Å²) in [6.45, 7) is 4.15. The van der Waals surface area contributed by atoms with Crippen molar-refractivity contribution >= 4 is 11.7 Å². The highest BCUT2D eigenvalue weighted by Crippen LogP contribution is 2.31. The molecule has 0 unspecified atom stereocenters. The van der Waals surface area contributed by atoms with Gasteiger partial charge in [-0.3, -0.25) is 0 Å². The van der Waals surface area contributed by atoms with Gasteiger partial charge in [0, 0.05) is 11.1 Å². The van der Waals surface area contributed by atoms with Gasteiger partial charge in [-0.2, -0.15) is 0 Å². The molecule has 0 aromatic heterocycles. The lowest BCUT2D eigenvalue weighted by molar-refractivity contribution is 0.604. The van der Waals surface area contributed by atoms with E-state index in [1.54, 1.807) is 18.2 Å². The fourth-order valence-electron chi connectivity index (χ4n) is 2.96. The Hall–Kier alpha value is -2.03. The van der Waals surface area contributed by atoms with Crippen LogP contribution in [0.4, 0.5) is 13.2 Å². The number of rotatable bonds is 9. The number of unbranched alkanes of at least 4 members (excludes halogenated alkanes) is 4. The van der Waals surface area contributed by atoms with Crippen molar-refractivity contribution in [3.8, 4) is 0 Å². The van der Waals surface area contributed by atoms with Gasteiger partial charge in [-0.15, -0.1) is 0 Å². The van der Waals surface area contributed by atoms with Crippen LogP contribution in [-0.2, 0) is 12.8 Å². The molecular weight excluding hydrogens is 333 g/mol. The topological polar surface area (TPSA) is 0 Å². The van der Waals surface area contributed by atoms with Gasteiger partial charge in [-0.25, -0.2) is 13.2 Å². The van der Waals surface area contributed by atoms with Crippen molar-refractivity contribution in [3.05, 3.63) is 70.5 Å². The molecule has 0 bridgehead atoms. The molecule has 0 radical (unpaired) electrons. The molecule has 0 fully saturated rings. The van der Waals surface area contributed by atoms with Crippen LogP contribution in [0.3, 0.4) is 0 Å². The van der Waals surface area contributed by atoms with Crippen molar-refractivity contribution in [2.24, 2.45) is 0 Å². The standard InChI is InChI=1S/C23H27F3/c1-3-5-6-7-8-9-18-12-15-20(21(24)16-18)23(26)22(25)19-13-10-17(4-2)11-14-19/h10-16H,3-9H2,1-2H3/b23-22+. The van der Waals surface area contributed by atoms with Gasteiger partial charge in [-0.1, -0.05) is 69.9 Å². The molecule has 2 aromatic rings. The molecule has 0 aliphatic rings. The molecule has 0 saturated heterocycles. The molecular formula is C23H27F3. The smallest absolute Gasteiger partial charge is 0.169 e. The third kappa shape index (κ3) is 5.48. The van der Waals surface area contributed by atoms with Crippen LogP contribution in [0.5, 0.6) is 0 Å². The molecule has 0 spiro atoms. The summed E-state index contributed by atoms with van der Waals surface area (Å²) in [4.78, 5) is 0. The SMILES string of the molecule is CCCCCCCc1ccc(/C(F)=C(\F)c2ccc(CC)cc2)c(F)c1. The molecule has 0 heterocycles. The van der Waals surface area contributed by atoms with Crippen LogP contribution in [0.1, 0.15) is 68.2 Å². The van der Waals surface area contributed by atoms with E-state index in [0.29, 0.717) is 0 Å². The van der Waals surface area contributed by atoms with Gasteiger partial charge in [0.15, 0.2) is 11.7 Å². The maximum Gasteiger partial charge on any atom is 0.169 e. The first-order valence-corrected chi connectivity index (χ1v) is 9.50. The monoisotopic (exact) mass is 360 g/mol. The molecule has 0 aliphatic heterocycles. The molecule has 0 aliphatic carbocycles. The highest BCUT2D eigenvalue weighted by atomic mass is 19.2. The molecule has 0 amide bonds. The average Bonchev–Trinajstić information content (AvgIpc) is 2.67. The van der Waals surface area contributed by atoms with Crippen molar-refractivity contribution in [1.82, 2.24) is 0 Å². The van der Waals surface area contributed by atoms with E-state index in [4.69, 9.17) is 0 Å². The lowest BCUT2D eigenvalue weighted by Crippen LogP contribution is -1.93. The van der Waals surface area contributed by atoms with Crippen LogP contribution in [0, 0.1) is 5.82 Å². The predicted octanol–water partition coefficient (Wildman–Crippen LogP) is 7.67. The molecule has 2 aromatic carbocycles. The number of benzene rings is 2. The third-order valence-corrected chi connectivity index (χ3v) is 4.65. The summed E-state index contributed by atoms with van der Waals surface area (Å²) in [7, 11) is 0. The zero-order valence-corrected chi connectivity index (χ0v) is 15.6. The van der Waals surface area contributed by atoms with Crippen molar-refractivity contribution in [2.75, 3.05) is 0 Å². The van der Waals surface area contributed by atoms with Gasteiger partial charge in [0.05, 0.1) is 0 Å². The Morgan fingerprint density at radius 1 is 0.769 bits per heavy atom. The highest BCUT2D eigenvalue weighted by molar-refractivity contribution is 5.83. The summed E-state index contributed by atoms with van der Waals surface area (Å²) in [6.07, 6.45) is 7.24. The molecule has 0 N–H and O–H groups in total. The van der Waals surface area contributed by atoms with Gasteiger partial charge in [0.25, 0.3) is 0 Å². The third-order valence-electron chi connectivity index (χ3n) is 4.65. The normalized spacial score (nSPS) is 12.2. The van der Waals surface area contributed by atoms with Crippen LogP contribution in [-0.4, -0.2) is 0 Å². The zero-order chi connectivity index (χ0) is 18.9.